The maximum Gasteiger partial charge on any atom is 0.341 e. The molecule has 0 radical (unpaired) electrons. The van der Waals surface area contributed by atoms with E-state index in [1.54, 1.807) is 9.36 Å². The maximum atomic E-state index is 14.3. The Kier molecular flexibility index (Phi) is 16.8. The number of fused-ring (bicyclic) bond motifs is 1. The van der Waals surface area contributed by atoms with Gasteiger partial charge in [-0.3, -0.25) is 23.6 Å². The smallest absolute Gasteiger partial charge is 0.341 e. The molecule has 2 atom stereocenters. The number of hydrogen-bond donors (Lipinski definition) is 4. The van der Waals surface area contributed by atoms with Crippen molar-refractivity contribution in [1.29, 1.82) is 0 Å². The minimum atomic E-state index is -3.10. The summed E-state index contributed by atoms with van der Waals surface area (Å²) in [4.78, 5) is 58.1. The number of carboxylic acids is 2. The van der Waals surface area contributed by atoms with Gasteiger partial charge in [0.05, 0.1) is 35.0 Å². The molecule has 14 nitrogen and oxygen atoms in total. The van der Waals surface area contributed by atoms with Crippen molar-refractivity contribution < 1.29 is 47.9 Å². The summed E-state index contributed by atoms with van der Waals surface area (Å²) in [6, 6.07) is 4.51. The molecule has 0 fully saturated rings. The second-order valence-corrected chi connectivity index (χ2v) is 15.8. The van der Waals surface area contributed by atoms with E-state index < -0.39 is 37.1 Å². The van der Waals surface area contributed by atoms with Crippen molar-refractivity contribution in [2.24, 2.45) is 10.7 Å². The Morgan fingerprint density at radius 3 is 2.24 bits per heavy atom. The van der Waals surface area contributed by atoms with Gasteiger partial charge in [0.1, 0.15) is 23.1 Å². The van der Waals surface area contributed by atoms with E-state index in [1.807, 2.05) is 0 Å². The summed E-state index contributed by atoms with van der Waals surface area (Å²) in [5.74, 6) is -3.14. The van der Waals surface area contributed by atoms with Crippen LogP contribution < -0.4 is 20.1 Å². The highest BCUT2D eigenvalue weighted by Gasteiger charge is 2.19. The fourth-order valence-electron chi connectivity index (χ4n) is 3.86. The molecule has 49 heavy (non-hydrogen) atoms. The Morgan fingerprint density at radius 2 is 1.71 bits per heavy atom. The van der Waals surface area contributed by atoms with Crippen molar-refractivity contribution in [2.75, 3.05) is 32.8 Å². The normalized spacial score (nSPS) is 14.2. The van der Waals surface area contributed by atoms with Gasteiger partial charge >= 0.3 is 22.8 Å². The van der Waals surface area contributed by atoms with Crippen molar-refractivity contribution in [3.8, 4) is 5.75 Å². The van der Waals surface area contributed by atoms with E-state index in [0.717, 1.165) is 42.0 Å². The summed E-state index contributed by atoms with van der Waals surface area (Å²) in [6.45, 7) is 2.51. The van der Waals surface area contributed by atoms with E-state index in [-0.39, 0.29) is 55.3 Å². The van der Waals surface area contributed by atoms with Crippen LogP contribution in [0.25, 0.3) is 0 Å². The van der Waals surface area contributed by atoms with Gasteiger partial charge in [0.2, 0.25) is 4.80 Å². The van der Waals surface area contributed by atoms with Crippen LogP contribution in [0.15, 0.2) is 38.9 Å². The van der Waals surface area contributed by atoms with Crippen molar-refractivity contribution in [1.82, 2.24) is 9.36 Å². The average Bonchev–Trinajstić information content (AvgIpc) is 3.35. The monoisotopic (exact) mass is 804 g/mol. The van der Waals surface area contributed by atoms with E-state index in [0.29, 0.717) is 22.8 Å². The molecule has 3 aromatic rings. The lowest BCUT2D eigenvalue weighted by Crippen LogP contribution is -2.31. The number of thioether (sulfide) groups is 1. The Morgan fingerprint density at radius 1 is 1.10 bits per heavy atom. The summed E-state index contributed by atoms with van der Waals surface area (Å²) in [7, 11) is -0.468. The molecule has 2 heterocycles. The van der Waals surface area contributed by atoms with E-state index in [2.05, 4.69) is 9.73 Å². The second kappa shape index (κ2) is 19.5. The molecule has 1 aliphatic heterocycles. The van der Waals surface area contributed by atoms with Gasteiger partial charge < -0.3 is 30.3 Å². The summed E-state index contributed by atoms with van der Waals surface area (Å²) >= 11 is 19.5. The van der Waals surface area contributed by atoms with Gasteiger partial charge in [-0.05, 0) is 54.9 Å². The molecule has 0 amide bonds. The predicted octanol–water partition coefficient (Wildman–Crippen LogP) is 5.18. The minimum Gasteiger partial charge on any atom is -0.494 e. The molecule has 5 N–H and O–H groups in total. The number of aliphatic carboxylic acids is 1. The van der Waals surface area contributed by atoms with Crippen LogP contribution in [-0.4, -0.2) is 81.2 Å². The van der Waals surface area contributed by atoms with Crippen molar-refractivity contribution in [3.05, 3.63) is 65.2 Å². The Labute approximate surface area is 302 Å². The summed E-state index contributed by atoms with van der Waals surface area (Å²) in [6.07, 6.45) is 1.90. The van der Waals surface area contributed by atoms with Crippen LogP contribution in [-0.2, 0) is 32.0 Å². The molecule has 0 bridgehead atoms. The molecule has 270 valence electrons. The molecule has 2 unspecified atom stereocenters. The summed E-state index contributed by atoms with van der Waals surface area (Å²) < 4.78 is 37.7. The van der Waals surface area contributed by atoms with Crippen molar-refractivity contribution >= 4 is 88.9 Å². The third kappa shape index (κ3) is 13.1. The number of ether oxygens (including phenoxy) is 2. The van der Waals surface area contributed by atoms with Gasteiger partial charge in [-0.25, -0.2) is 18.9 Å². The summed E-state index contributed by atoms with van der Waals surface area (Å²) in [5, 5.41) is 17.6. The largest absolute Gasteiger partial charge is 0.494 e. The molecule has 0 aliphatic carbocycles. The molecule has 2 aromatic carbocycles. The van der Waals surface area contributed by atoms with Crippen LogP contribution in [0.2, 0.25) is 15.1 Å². The first-order valence-corrected chi connectivity index (χ1v) is 19.2. The number of halogens is 4. The third-order valence-corrected chi connectivity index (χ3v) is 10.4. The topological polar surface area (TPSA) is 213 Å². The zero-order chi connectivity index (χ0) is 37.1. The number of rotatable bonds is 10. The third-order valence-electron chi connectivity index (χ3n) is 6.33. The van der Waals surface area contributed by atoms with Crippen molar-refractivity contribution in [3.63, 3.8) is 0 Å². The van der Waals surface area contributed by atoms with Crippen LogP contribution in [0.1, 0.15) is 29.6 Å². The maximum absolute atomic E-state index is 14.3. The van der Waals surface area contributed by atoms with Crippen molar-refractivity contribution in [2.45, 2.75) is 43.3 Å². The molecular formula is C28H33Cl3FN4O10PS2. The number of aromatic nitrogens is 2. The van der Waals surface area contributed by atoms with E-state index in [9.17, 15) is 28.1 Å². The Bertz CT molecular complexity index is 1850. The lowest BCUT2D eigenvalue weighted by molar-refractivity contribution is -0.139. The molecule has 4 rings (SSSR count). The first kappa shape index (κ1) is 42.3. The fourth-order valence-corrected chi connectivity index (χ4v) is 7.07. The van der Waals surface area contributed by atoms with Crippen LogP contribution in [0, 0.1) is 5.82 Å². The van der Waals surface area contributed by atoms with Gasteiger partial charge in [-0.1, -0.05) is 34.8 Å². The fraction of sp³-hybridized carbons (Fsp3) is 0.393. The SMILES string of the molecule is COC(=O)CSc1cc(/N=c2\sc(=O)n3n2CCCC3)c(F)cc1Cl.COc1c(Cl)ccc(Cl)c1C(=O)O.CP(=O)(O)CCC(N)C(=O)O. The highest BCUT2D eigenvalue weighted by Crippen LogP contribution is 2.36. The second-order valence-electron chi connectivity index (χ2n) is 10.1. The number of carbonyl (C=O) groups excluding carboxylic acids is 1. The molecule has 0 saturated heterocycles. The van der Waals surface area contributed by atoms with Gasteiger partial charge in [-0.2, -0.15) is 0 Å². The quantitative estimate of drug-likeness (QED) is 0.119. The number of carboxylic acid groups (broad SMARTS) is 2. The number of aromatic carboxylic acids is 1. The first-order valence-electron chi connectivity index (χ1n) is 14.0. The number of nitrogens with zero attached hydrogens (tertiary/aromatic N) is 3. The Balaban J connectivity index is 0.000000292. The number of carbonyl (C=O) groups is 3. The number of hydrogen-bond acceptors (Lipinski definition) is 11. The zero-order valence-electron chi connectivity index (χ0n) is 26.2. The standard InChI is InChI=1S/C15H15ClFN3O3S2.C8H6Cl2O3.C5H12NO4P/c1-23-13(21)8-24-12-7-11(10(17)6-9(12)16)18-14-19-4-2-3-5-20(19)15(22)25-14;1-13-7-5(10)3-2-4(9)6(7)8(11)12;1-11(9,10)3-2-4(6)5(7)8/h6-7H,2-5,8H2,1H3;2-3H,1H3,(H,11,12);4H,2-3,6H2,1H3,(H,7,8)(H,9,10)/b18-14-;;. The molecular weight excluding hydrogens is 773 g/mol. The first-order chi connectivity index (χ1) is 22.9. The molecule has 1 aromatic heterocycles. The number of nitrogens with two attached hydrogens (primary N) is 1. The van der Waals surface area contributed by atoms with E-state index in [4.69, 9.17) is 60.4 Å². The lowest BCUT2D eigenvalue weighted by Gasteiger charge is -2.15. The van der Waals surface area contributed by atoms with Crippen LogP contribution in [0.4, 0.5) is 10.1 Å². The Hall–Kier alpha value is -2.89. The molecule has 21 heteroatoms. The van der Waals surface area contributed by atoms with Crippen LogP contribution in [0.5, 0.6) is 5.75 Å². The molecule has 0 spiro atoms. The minimum absolute atomic E-state index is 0.0412. The number of methoxy groups -OCH3 is 2. The number of benzene rings is 2. The van der Waals surface area contributed by atoms with Crippen LogP contribution >= 0.6 is 65.3 Å². The van der Waals surface area contributed by atoms with E-state index >= 15 is 0 Å². The highest BCUT2D eigenvalue weighted by atomic mass is 35.5. The average molecular weight is 806 g/mol. The molecule has 1 aliphatic rings. The summed E-state index contributed by atoms with van der Waals surface area (Å²) in [5.41, 5.74) is 5.06. The number of esters is 1. The van der Waals surface area contributed by atoms with Gasteiger partial charge in [0.25, 0.3) is 0 Å². The zero-order valence-corrected chi connectivity index (χ0v) is 31.0. The van der Waals surface area contributed by atoms with Crippen LogP contribution in [0.3, 0.4) is 0 Å². The van der Waals surface area contributed by atoms with Gasteiger partial charge in [0.15, 0.2) is 13.1 Å². The highest BCUT2D eigenvalue weighted by molar-refractivity contribution is 8.00. The van der Waals surface area contributed by atoms with Gasteiger partial charge in [0, 0.05) is 30.8 Å². The molecule has 0 saturated carbocycles. The van der Waals surface area contributed by atoms with E-state index in [1.165, 1.54) is 39.1 Å². The van der Waals surface area contributed by atoms with Gasteiger partial charge in [-0.15, -0.1) is 11.8 Å². The predicted molar refractivity (Wildman–Crippen MR) is 186 cm³/mol. The lowest BCUT2D eigenvalue weighted by atomic mass is 10.2.